The van der Waals surface area contributed by atoms with Crippen LogP contribution in [0.15, 0.2) is 24.3 Å². The van der Waals surface area contributed by atoms with E-state index in [9.17, 15) is 0 Å². The Labute approximate surface area is 103 Å². The van der Waals surface area contributed by atoms with Crippen LogP contribution in [0.2, 0.25) is 0 Å². The molecule has 1 aliphatic rings. The largest absolute Gasteiger partial charge is 0.380 e. The number of benzene rings is 1. The number of likely N-dealkylation sites (tertiary alicyclic amines) is 1. The van der Waals surface area contributed by atoms with Crippen molar-refractivity contribution in [1.82, 2.24) is 4.90 Å². The van der Waals surface area contributed by atoms with Crippen molar-refractivity contribution >= 4 is 0 Å². The van der Waals surface area contributed by atoms with Gasteiger partial charge in [0, 0.05) is 20.2 Å². The average molecular weight is 230 g/mol. The van der Waals surface area contributed by atoms with Crippen LogP contribution in [0.4, 0.5) is 0 Å². The molecule has 2 rings (SSSR count). The van der Waals surface area contributed by atoms with Gasteiger partial charge in [-0.05, 0) is 37.1 Å². The lowest BCUT2D eigenvalue weighted by Gasteiger charge is -2.31. The molecular formula is C14H18N2O. The van der Waals surface area contributed by atoms with Crippen molar-refractivity contribution in [2.24, 2.45) is 0 Å². The summed E-state index contributed by atoms with van der Waals surface area (Å²) in [5.74, 6) is 0. The van der Waals surface area contributed by atoms with E-state index in [2.05, 4.69) is 11.0 Å². The minimum Gasteiger partial charge on any atom is -0.380 e. The number of piperidine rings is 1. The highest BCUT2D eigenvalue weighted by Crippen LogP contribution is 2.15. The number of methoxy groups -OCH3 is 1. The van der Waals surface area contributed by atoms with Gasteiger partial charge in [0.1, 0.15) is 0 Å². The van der Waals surface area contributed by atoms with E-state index in [-0.39, 0.29) is 0 Å². The average Bonchev–Trinajstić information content (AvgIpc) is 2.40. The van der Waals surface area contributed by atoms with E-state index >= 15 is 0 Å². The summed E-state index contributed by atoms with van der Waals surface area (Å²) in [5, 5.41) is 8.74. The number of hydrogen-bond donors (Lipinski definition) is 0. The van der Waals surface area contributed by atoms with Gasteiger partial charge in [0.15, 0.2) is 0 Å². The Morgan fingerprint density at radius 2 is 2.18 bits per heavy atom. The highest BCUT2D eigenvalue weighted by Gasteiger charge is 2.19. The van der Waals surface area contributed by atoms with E-state index < -0.39 is 0 Å². The molecule has 90 valence electrons. The quantitative estimate of drug-likeness (QED) is 0.798. The van der Waals surface area contributed by atoms with Gasteiger partial charge >= 0.3 is 0 Å². The molecule has 0 spiro atoms. The molecule has 0 radical (unpaired) electrons. The SMILES string of the molecule is COC1CCCN(Cc2ccc(C#N)cc2)C1. The van der Waals surface area contributed by atoms with Gasteiger partial charge in [-0.1, -0.05) is 12.1 Å². The fourth-order valence-electron chi connectivity index (χ4n) is 2.29. The first kappa shape index (κ1) is 12.1. The van der Waals surface area contributed by atoms with E-state index in [0.29, 0.717) is 6.10 Å². The summed E-state index contributed by atoms with van der Waals surface area (Å²) in [7, 11) is 1.79. The molecule has 3 heteroatoms. The lowest BCUT2D eigenvalue weighted by Crippen LogP contribution is -2.38. The maximum Gasteiger partial charge on any atom is 0.0991 e. The fraction of sp³-hybridized carbons (Fsp3) is 0.500. The molecule has 1 aromatic rings. The maximum absolute atomic E-state index is 8.74. The molecule has 0 aromatic heterocycles. The first-order chi connectivity index (χ1) is 8.31. The Balaban J connectivity index is 1.93. The third kappa shape index (κ3) is 3.29. The Morgan fingerprint density at radius 1 is 1.41 bits per heavy atom. The first-order valence-corrected chi connectivity index (χ1v) is 6.06. The summed E-state index contributed by atoms with van der Waals surface area (Å²) in [6.45, 7) is 3.10. The Hall–Kier alpha value is -1.37. The second-order valence-corrected chi connectivity index (χ2v) is 4.54. The highest BCUT2D eigenvalue weighted by molar-refractivity contribution is 5.31. The van der Waals surface area contributed by atoms with Crippen molar-refractivity contribution in [2.45, 2.75) is 25.5 Å². The minimum atomic E-state index is 0.377. The van der Waals surface area contributed by atoms with Crippen molar-refractivity contribution in [3.8, 4) is 6.07 Å². The molecule has 0 amide bonds. The van der Waals surface area contributed by atoms with E-state index in [4.69, 9.17) is 10.00 Å². The molecule has 0 N–H and O–H groups in total. The van der Waals surface area contributed by atoms with Gasteiger partial charge < -0.3 is 4.74 Å². The lowest BCUT2D eigenvalue weighted by molar-refractivity contribution is 0.0285. The monoisotopic (exact) mass is 230 g/mol. The van der Waals surface area contributed by atoms with E-state index in [1.807, 2.05) is 24.3 Å². The smallest absolute Gasteiger partial charge is 0.0991 e. The topological polar surface area (TPSA) is 36.3 Å². The van der Waals surface area contributed by atoms with Crippen LogP contribution in [0.25, 0.3) is 0 Å². The molecule has 1 atom stereocenters. The van der Waals surface area contributed by atoms with Gasteiger partial charge in [-0.25, -0.2) is 0 Å². The molecule has 3 nitrogen and oxygen atoms in total. The van der Waals surface area contributed by atoms with Crippen LogP contribution < -0.4 is 0 Å². The molecular weight excluding hydrogens is 212 g/mol. The van der Waals surface area contributed by atoms with Gasteiger partial charge in [-0.2, -0.15) is 5.26 Å². The number of nitrogens with zero attached hydrogens (tertiary/aromatic N) is 2. The third-order valence-electron chi connectivity index (χ3n) is 3.28. The van der Waals surface area contributed by atoms with Crippen LogP contribution in [0.1, 0.15) is 24.0 Å². The fourth-order valence-corrected chi connectivity index (χ4v) is 2.29. The lowest BCUT2D eigenvalue weighted by atomic mass is 10.1. The highest BCUT2D eigenvalue weighted by atomic mass is 16.5. The van der Waals surface area contributed by atoms with Crippen LogP contribution in [0.3, 0.4) is 0 Å². The van der Waals surface area contributed by atoms with Crippen molar-refractivity contribution in [2.75, 3.05) is 20.2 Å². The number of nitriles is 1. The molecule has 1 heterocycles. The summed E-state index contributed by atoms with van der Waals surface area (Å²) in [4.78, 5) is 2.42. The molecule has 1 unspecified atom stereocenters. The van der Waals surface area contributed by atoms with Gasteiger partial charge in [0.05, 0.1) is 17.7 Å². The summed E-state index contributed by atoms with van der Waals surface area (Å²) >= 11 is 0. The summed E-state index contributed by atoms with van der Waals surface area (Å²) in [5.41, 5.74) is 1.99. The second kappa shape index (κ2) is 5.81. The minimum absolute atomic E-state index is 0.377. The first-order valence-electron chi connectivity index (χ1n) is 6.06. The van der Waals surface area contributed by atoms with E-state index in [0.717, 1.165) is 25.2 Å². The third-order valence-corrected chi connectivity index (χ3v) is 3.28. The van der Waals surface area contributed by atoms with Crippen molar-refractivity contribution in [1.29, 1.82) is 5.26 Å². The second-order valence-electron chi connectivity index (χ2n) is 4.54. The molecule has 1 aliphatic heterocycles. The molecule has 1 fully saturated rings. The standard InChI is InChI=1S/C14H18N2O/c1-17-14-3-2-8-16(11-14)10-13-6-4-12(9-15)5-7-13/h4-7,14H,2-3,8,10-11H2,1H3. The van der Waals surface area contributed by atoms with Gasteiger partial charge in [0.25, 0.3) is 0 Å². The van der Waals surface area contributed by atoms with Crippen molar-refractivity contribution in [3.05, 3.63) is 35.4 Å². The Bertz CT molecular complexity index is 394. The molecule has 17 heavy (non-hydrogen) atoms. The predicted octanol–water partition coefficient (Wildman–Crippen LogP) is 2.17. The van der Waals surface area contributed by atoms with Crippen LogP contribution >= 0.6 is 0 Å². The van der Waals surface area contributed by atoms with Crippen LogP contribution in [0.5, 0.6) is 0 Å². The van der Waals surface area contributed by atoms with Gasteiger partial charge in [-0.15, -0.1) is 0 Å². The zero-order chi connectivity index (χ0) is 12.1. The van der Waals surface area contributed by atoms with Gasteiger partial charge in [-0.3, -0.25) is 4.90 Å². The molecule has 1 aromatic carbocycles. The number of hydrogen-bond acceptors (Lipinski definition) is 3. The van der Waals surface area contributed by atoms with Crippen LogP contribution in [-0.2, 0) is 11.3 Å². The molecule has 0 aliphatic carbocycles. The van der Waals surface area contributed by atoms with Crippen molar-refractivity contribution < 1.29 is 4.74 Å². The molecule has 0 bridgehead atoms. The van der Waals surface area contributed by atoms with Gasteiger partial charge in [0.2, 0.25) is 0 Å². The zero-order valence-electron chi connectivity index (χ0n) is 10.2. The summed E-state index contributed by atoms with van der Waals surface area (Å²) in [6.07, 6.45) is 2.75. The number of ether oxygens (including phenoxy) is 1. The summed E-state index contributed by atoms with van der Waals surface area (Å²) in [6, 6.07) is 9.98. The predicted molar refractivity (Wildman–Crippen MR) is 66.5 cm³/mol. The molecule has 1 saturated heterocycles. The van der Waals surface area contributed by atoms with Crippen molar-refractivity contribution in [3.63, 3.8) is 0 Å². The van der Waals surface area contributed by atoms with E-state index in [1.165, 1.54) is 18.4 Å². The normalized spacial score (nSPS) is 21.1. The molecule has 0 saturated carbocycles. The number of rotatable bonds is 3. The van der Waals surface area contributed by atoms with Crippen LogP contribution in [-0.4, -0.2) is 31.2 Å². The zero-order valence-corrected chi connectivity index (χ0v) is 10.2. The van der Waals surface area contributed by atoms with E-state index in [1.54, 1.807) is 7.11 Å². The summed E-state index contributed by atoms with van der Waals surface area (Å²) < 4.78 is 5.41. The maximum atomic E-state index is 8.74. The van der Waals surface area contributed by atoms with Crippen LogP contribution in [0, 0.1) is 11.3 Å². The Morgan fingerprint density at radius 3 is 2.82 bits per heavy atom. The Kier molecular flexibility index (Phi) is 4.13.